The summed E-state index contributed by atoms with van der Waals surface area (Å²) in [6.45, 7) is 0. The van der Waals surface area contributed by atoms with Crippen LogP contribution in [0.4, 0.5) is 0 Å². The Hall–Kier alpha value is -2.63. The quantitative estimate of drug-likeness (QED) is 0.895. The number of rotatable bonds is 4. The van der Waals surface area contributed by atoms with Gasteiger partial charge in [-0.3, -0.25) is 9.59 Å². The van der Waals surface area contributed by atoms with Crippen LogP contribution in [0.3, 0.4) is 0 Å². The number of carbonyl (C=O) groups is 2. The average Bonchev–Trinajstić information content (AvgIpc) is 3.08. The number of aliphatic carboxylic acids is 1. The zero-order valence-electron chi connectivity index (χ0n) is 14.1. The van der Waals surface area contributed by atoms with Gasteiger partial charge in [0.1, 0.15) is 0 Å². The number of carboxylic acids is 1. The molecule has 0 bridgehead atoms. The maximum Gasteiger partial charge on any atom is 0.308 e. The molecular formula is C19H23N3O3. The fourth-order valence-corrected chi connectivity index (χ4v) is 3.36. The van der Waals surface area contributed by atoms with Gasteiger partial charge in [0.15, 0.2) is 5.69 Å². The molecule has 1 aliphatic carbocycles. The van der Waals surface area contributed by atoms with Crippen LogP contribution in [0, 0.1) is 5.92 Å². The number of carbonyl (C=O) groups excluding carboxylic acids is 1. The first kappa shape index (κ1) is 17.2. The van der Waals surface area contributed by atoms with E-state index in [0.29, 0.717) is 18.5 Å². The largest absolute Gasteiger partial charge is 0.481 e. The van der Waals surface area contributed by atoms with Gasteiger partial charge in [0.25, 0.3) is 5.91 Å². The molecule has 2 aromatic rings. The Morgan fingerprint density at radius 2 is 1.76 bits per heavy atom. The topological polar surface area (TPSA) is 84.2 Å². The summed E-state index contributed by atoms with van der Waals surface area (Å²) in [6, 6.07) is 10.9. The minimum absolute atomic E-state index is 0.301. The molecule has 132 valence electrons. The normalized spacial score (nSPS) is 21.1. The fraction of sp³-hybridized carbons (Fsp3) is 0.421. The molecule has 2 unspecified atom stereocenters. The van der Waals surface area contributed by atoms with Crippen molar-refractivity contribution in [1.29, 1.82) is 0 Å². The van der Waals surface area contributed by atoms with Crippen LogP contribution >= 0.6 is 0 Å². The van der Waals surface area contributed by atoms with Gasteiger partial charge in [-0.25, -0.2) is 4.68 Å². The van der Waals surface area contributed by atoms with Crippen molar-refractivity contribution >= 4 is 11.9 Å². The third kappa shape index (κ3) is 4.26. The highest BCUT2D eigenvalue weighted by Crippen LogP contribution is 2.23. The zero-order chi connectivity index (χ0) is 17.6. The fourth-order valence-electron chi connectivity index (χ4n) is 3.36. The van der Waals surface area contributed by atoms with E-state index in [1.54, 1.807) is 16.9 Å². The Balaban J connectivity index is 1.72. The number of benzene rings is 1. The van der Waals surface area contributed by atoms with E-state index in [1.165, 1.54) is 0 Å². The van der Waals surface area contributed by atoms with Crippen LogP contribution in [0.2, 0.25) is 0 Å². The van der Waals surface area contributed by atoms with Gasteiger partial charge >= 0.3 is 5.97 Å². The van der Waals surface area contributed by atoms with Crippen LogP contribution in [-0.4, -0.2) is 32.8 Å². The van der Waals surface area contributed by atoms with Crippen molar-refractivity contribution < 1.29 is 14.7 Å². The number of nitrogens with one attached hydrogen (secondary N) is 1. The van der Waals surface area contributed by atoms with Crippen molar-refractivity contribution in [3.8, 4) is 5.69 Å². The molecule has 0 spiro atoms. The second-order valence-electron chi connectivity index (χ2n) is 6.50. The first-order valence-corrected chi connectivity index (χ1v) is 8.80. The van der Waals surface area contributed by atoms with Crippen LogP contribution in [0.15, 0.2) is 42.6 Å². The van der Waals surface area contributed by atoms with Crippen molar-refractivity contribution in [2.24, 2.45) is 5.92 Å². The molecule has 1 fully saturated rings. The molecule has 0 radical (unpaired) electrons. The Kier molecular flexibility index (Phi) is 5.48. The van der Waals surface area contributed by atoms with Gasteiger partial charge in [0, 0.05) is 12.2 Å². The average molecular weight is 341 g/mol. The lowest BCUT2D eigenvalue weighted by molar-refractivity contribution is -0.143. The molecule has 6 nitrogen and oxygen atoms in total. The predicted molar refractivity (Wildman–Crippen MR) is 93.6 cm³/mol. The molecule has 1 aliphatic rings. The van der Waals surface area contributed by atoms with Crippen molar-refractivity contribution in [1.82, 2.24) is 15.1 Å². The van der Waals surface area contributed by atoms with Crippen LogP contribution in [0.5, 0.6) is 0 Å². The van der Waals surface area contributed by atoms with Gasteiger partial charge in [0.05, 0.1) is 11.6 Å². The summed E-state index contributed by atoms with van der Waals surface area (Å²) < 4.78 is 1.64. The molecule has 1 heterocycles. The molecule has 1 aromatic heterocycles. The molecule has 25 heavy (non-hydrogen) atoms. The SMILES string of the molecule is O=C(NC1CCCCCCC1C(=O)O)c1ccn(-c2ccccc2)n1. The van der Waals surface area contributed by atoms with E-state index >= 15 is 0 Å². The summed E-state index contributed by atoms with van der Waals surface area (Å²) in [4.78, 5) is 24.1. The van der Waals surface area contributed by atoms with E-state index in [2.05, 4.69) is 10.4 Å². The Bertz CT molecular complexity index is 727. The standard InChI is InChI=1S/C19H23N3O3/c23-18(17-12-13-22(21-17)14-8-4-3-5-9-14)20-16-11-7-2-1-6-10-15(16)19(24)25/h3-5,8-9,12-13,15-16H,1-2,6-7,10-11H2,(H,20,23)(H,24,25). The smallest absolute Gasteiger partial charge is 0.308 e. The molecule has 3 rings (SSSR count). The Labute approximate surface area is 146 Å². The highest BCUT2D eigenvalue weighted by molar-refractivity contribution is 5.92. The molecule has 2 atom stereocenters. The Morgan fingerprint density at radius 3 is 2.48 bits per heavy atom. The molecule has 1 amide bonds. The summed E-state index contributed by atoms with van der Waals surface area (Å²) in [6.07, 6.45) is 7.02. The van der Waals surface area contributed by atoms with Crippen molar-refractivity contribution in [2.45, 2.75) is 44.6 Å². The summed E-state index contributed by atoms with van der Waals surface area (Å²) in [5, 5.41) is 16.7. The molecule has 2 N–H and O–H groups in total. The molecule has 1 aromatic carbocycles. The van der Waals surface area contributed by atoms with Crippen LogP contribution in [0.25, 0.3) is 5.69 Å². The van der Waals surface area contributed by atoms with E-state index in [0.717, 1.165) is 31.4 Å². The number of hydrogen-bond acceptors (Lipinski definition) is 3. The van der Waals surface area contributed by atoms with E-state index in [1.807, 2.05) is 30.3 Å². The van der Waals surface area contributed by atoms with Gasteiger partial charge in [-0.1, -0.05) is 43.9 Å². The number of carboxylic acid groups (broad SMARTS) is 1. The van der Waals surface area contributed by atoms with Gasteiger partial charge in [0.2, 0.25) is 0 Å². The lowest BCUT2D eigenvalue weighted by Gasteiger charge is -2.26. The molecular weight excluding hydrogens is 318 g/mol. The van der Waals surface area contributed by atoms with E-state index < -0.39 is 11.9 Å². The summed E-state index contributed by atoms with van der Waals surface area (Å²) in [5.41, 5.74) is 1.17. The first-order valence-electron chi connectivity index (χ1n) is 8.80. The van der Waals surface area contributed by atoms with E-state index in [9.17, 15) is 14.7 Å². The zero-order valence-corrected chi connectivity index (χ0v) is 14.1. The molecule has 0 aliphatic heterocycles. The van der Waals surface area contributed by atoms with Crippen LogP contribution in [0.1, 0.15) is 49.0 Å². The van der Waals surface area contributed by atoms with Crippen molar-refractivity contribution in [3.63, 3.8) is 0 Å². The number of para-hydroxylation sites is 1. The van der Waals surface area contributed by atoms with E-state index in [4.69, 9.17) is 0 Å². The van der Waals surface area contributed by atoms with Crippen molar-refractivity contribution in [2.75, 3.05) is 0 Å². The number of hydrogen-bond donors (Lipinski definition) is 2. The monoisotopic (exact) mass is 341 g/mol. The minimum Gasteiger partial charge on any atom is -0.481 e. The predicted octanol–water partition coefficient (Wildman–Crippen LogP) is 3.03. The van der Waals surface area contributed by atoms with Crippen LogP contribution in [-0.2, 0) is 4.79 Å². The van der Waals surface area contributed by atoms with Gasteiger partial charge < -0.3 is 10.4 Å². The second kappa shape index (κ2) is 7.96. The maximum absolute atomic E-state index is 12.5. The third-order valence-corrected chi connectivity index (χ3v) is 4.74. The highest BCUT2D eigenvalue weighted by atomic mass is 16.4. The van der Waals surface area contributed by atoms with Crippen LogP contribution < -0.4 is 5.32 Å². The first-order chi connectivity index (χ1) is 12.1. The third-order valence-electron chi connectivity index (χ3n) is 4.74. The van der Waals surface area contributed by atoms with Gasteiger partial charge in [-0.05, 0) is 31.0 Å². The summed E-state index contributed by atoms with van der Waals surface area (Å²) in [5.74, 6) is -1.67. The van der Waals surface area contributed by atoms with Gasteiger partial charge in [-0.2, -0.15) is 5.10 Å². The summed E-state index contributed by atoms with van der Waals surface area (Å²) in [7, 11) is 0. The van der Waals surface area contributed by atoms with E-state index in [-0.39, 0.29) is 11.9 Å². The highest BCUT2D eigenvalue weighted by Gasteiger charge is 2.30. The van der Waals surface area contributed by atoms with Gasteiger partial charge in [-0.15, -0.1) is 0 Å². The second-order valence-corrected chi connectivity index (χ2v) is 6.50. The molecule has 6 heteroatoms. The Morgan fingerprint density at radius 1 is 1.04 bits per heavy atom. The maximum atomic E-state index is 12.5. The number of aromatic nitrogens is 2. The number of amides is 1. The lowest BCUT2D eigenvalue weighted by atomic mass is 9.86. The lowest BCUT2D eigenvalue weighted by Crippen LogP contribution is -2.44. The molecule has 0 saturated heterocycles. The minimum atomic E-state index is -0.831. The van der Waals surface area contributed by atoms with Crippen molar-refractivity contribution in [3.05, 3.63) is 48.3 Å². The number of nitrogens with zero attached hydrogens (tertiary/aromatic N) is 2. The molecule has 1 saturated carbocycles. The summed E-state index contributed by atoms with van der Waals surface area (Å²) >= 11 is 0.